The summed E-state index contributed by atoms with van der Waals surface area (Å²) in [6.45, 7) is 1.93. The van der Waals surface area contributed by atoms with Crippen LogP contribution < -0.4 is 0 Å². The molecule has 4 nitrogen and oxygen atoms in total. The van der Waals surface area contributed by atoms with E-state index in [0.29, 0.717) is 14.4 Å². The van der Waals surface area contributed by atoms with Crippen molar-refractivity contribution in [3.8, 4) is 0 Å². The fourth-order valence-corrected chi connectivity index (χ4v) is 2.30. The molecule has 1 unspecified atom stereocenters. The topological polar surface area (TPSA) is 74.6 Å². The lowest BCUT2D eigenvalue weighted by Crippen LogP contribution is -1.96. The van der Waals surface area contributed by atoms with Crippen molar-refractivity contribution in [3.05, 3.63) is 63.1 Å². The predicted molar refractivity (Wildman–Crippen MR) is 86.3 cm³/mol. The van der Waals surface area contributed by atoms with Crippen LogP contribution in [0.2, 0.25) is 5.02 Å². The number of aromatic carboxylic acids is 1. The molecule has 2 N–H and O–H groups in total. The maximum Gasteiger partial charge on any atom is 0.336 e. The molecule has 0 aromatic heterocycles. The van der Waals surface area contributed by atoms with Gasteiger partial charge in [0, 0.05) is 0 Å². The van der Waals surface area contributed by atoms with Gasteiger partial charge in [-0.1, -0.05) is 35.4 Å². The Balaban J connectivity index is 0.000000211. The van der Waals surface area contributed by atoms with Gasteiger partial charge in [0.2, 0.25) is 0 Å². The van der Waals surface area contributed by atoms with Crippen LogP contribution in [0.5, 0.6) is 0 Å². The van der Waals surface area contributed by atoms with Gasteiger partial charge in [-0.25, -0.2) is 9.00 Å². The van der Waals surface area contributed by atoms with E-state index in [4.69, 9.17) is 21.3 Å². The molecule has 0 saturated heterocycles. The van der Waals surface area contributed by atoms with Crippen LogP contribution in [0.15, 0.2) is 51.8 Å². The van der Waals surface area contributed by atoms with Crippen LogP contribution in [0, 0.1) is 6.92 Å². The Bertz CT molecular complexity index is 659. The Morgan fingerprint density at radius 3 is 2.19 bits per heavy atom. The maximum absolute atomic E-state index is 10.5. The van der Waals surface area contributed by atoms with Crippen molar-refractivity contribution < 1.29 is 18.7 Å². The van der Waals surface area contributed by atoms with E-state index in [0.717, 1.165) is 5.56 Å². The largest absolute Gasteiger partial charge is 0.478 e. The van der Waals surface area contributed by atoms with Crippen molar-refractivity contribution in [2.24, 2.45) is 0 Å². The van der Waals surface area contributed by atoms with Gasteiger partial charge in [0.15, 0.2) is 11.1 Å². The van der Waals surface area contributed by atoms with E-state index >= 15 is 0 Å². The summed E-state index contributed by atoms with van der Waals surface area (Å²) in [5, 5.41) is 9.01. The smallest absolute Gasteiger partial charge is 0.336 e. The highest BCUT2D eigenvalue weighted by Crippen LogP contribution is 2.25. The summed E-state index contributed by atoms with van der Waals surface area (Å²) >= 11 is 6.88. The van der Waals surface area contributed by atoms with Crippen LogP contribution in [0.25, 0.3) is 0 Å². The van der Waals surface area contributed by atoms with Gasteiger partial charge in [-0.05, 0) is 47.1 Å². The fraction of sp³-hybridized carbons (Fsp3) is 0.0714. The molecule has 7 heteroatoms. The lowest BCUT2D eigenvalue weighted by molar-refractivity contribution is 0.0696. The average molecular weight is 392 g/mol. The number of aryl methyl sites for hydroxylation is 1. The van der Waals surface area contributed by atoms with Gasteiger partial charge in [-0.2, -0.15) is 0 Å². The number of rotatable bonds is 2. The first-order chi connectivity index (χ1) is 9.82. The highest BCUT2D eigenvalue weighted by Gasteiger charge is 2.09. The van der Waals surface area contributed by atoms with E-state index in [9.17, 15) is 9.00 Å². The van der Waals surface area contributed by atoms with Crippen LogP contribution in [0.4, 0.5) is 0 Å². The van der Waals surface area contributed by atoms with E-state index in [-0.39, 0.29) is 5.56 Å². The monoisotopic (exact) mass is 390 g/mol. The molecule has 0 amide bonds. The van der Waals surface area contributed by atoms with Crippen molar-refractivity contribution in [3.63, 3.8) is 0 Å². The zero-order valence-electron chi connectivity index (χ0n) is 10.9. The second-order valence-electron chi connectivity index (χ2n) is 3.97. The van der Waals surface area contributed by atoms with Gasteiger partial charge < -0.3 is 9.66 Å². The molecule has 2 rings (SSSR count). The number of hydrogen-bond acceptors (Lipinski definition) is 2. The second-order valence-corrected chi connectivity index (χ2v) is 6.14. The molecule has 2 aromatic carbocycles. The third-order valence-corrected chi connectivity index (χ3v) is 4.48. The first-order valence-electron chi connectivity index (χ1n) is 5.67. The van der Waals surface area contributed by atoms with Gasteiger partial charge in [0.05, 0.1) is 20.0 Å². The number of carbonyl (C=O) groups is 1. The molecule has 0 fully saturated rings. The normalized spacial score (nSPS) is 11.2. The Kier molecular flexibility index (Phi) is 7.04. The SMILES string of the molecule is Cc1ccc(S(=O)O)cc1.O=C(O)c1cccc(Cl)c1Br. The second kappa shape index (κ2) is 8.29. The molecule has 0 saturated carbocycles. The van der Waals surface area contributed by atoms with E-state index in [2.05, 4.69) is 15.9 Å². The maximum atomic E-state index is 10.5. The van der Waals surface area contributed by atoms with Gasteiger partial charge in [0.1, 0.15) is 0 Å². The van der Waals surface area contributed by atoms with Crippen molar-refractivity contribution >= 4 is 44.6 Å². The Morgan fingerprint density at radius 2 is 1.76 bits per heavy atom. The summed E-state index contributed by atoms with van der Waals surface area (Å²) in [5.41, 5.74) is 1.27. The third-order valence-electron chi connectivity index (χ3n) is 2.40. The summed E-state index contributed by atoms with van der Waals surface area (Å²) in [7, 11) is 0. The summed E-state index contributed by atoms with van der Waals surface area (Å²) in [6, 6.07) is 11.6. The summed E-state index contributed by atoms with van der Waals surface area (Å²) in [4.78, 5) is 10.9. The molecular formula is C14H12BrClO4S. The van der Waals surface area contributed by atoms with Crippen LogP contribution in [-0.4, -0.2) is 19.8 Å². The average Bonchev–Trinajstić information content (AvgIpc) is 2.42. The summed E-state index contributed by atoms with van der Waals surface area (Å²) in [6.07, 6.45) is 0. The lowest BCUT2D eigenvalue weighted by Gasteiger charge is -1.98. The quantitative estimate of drug-likeness (QED) is 0.745. The molecule has 2 aromatic rings. The molecule has 0 aliphatic heterocycles. The van der Waals surface area contributed by atoms with Crippen LogP contribution in [0.3, 0.4) is 0 Å². The predicted octanol–water partition coefficient (Wildman–Crippen LogP) is 4.38. The molecule has 0 radical (unpaired) electrons. The molecule has 0 aliphatic carbocycles. The molecule has 0 aliphatic rings. The zero-order valence-corrected chi connectivity index (χ0v) is 14.1. The third kappa shape index (κ3) is 5.59. The Hall–Kier alpha value is -1.21. The zero-order chi connectivity index (χ0) is 16.0. The van der Waals surface area contributed by atoms with E-state index in [1.807, 2.05) is 19.1 Å². The van der Waals surface area contributed by atoms with Gasteiger partial charge >= 0.3 is 5.97 Å². The molecule has 0 spiro atoms. The Morgan fingerprint density at radius 1 is 1.19 bits per heavy atom. The Labute approximate surface area is 138 Å². The van der Waals surface area contributed by atoms with E-state index in [1.54, 1.807) is 24.3 Å². The first-order valence-corrected chi connectivity index (χ1v) is 7.95. The standard InChI is InChI=1S/C7H4BrClO2.C7H8O2S/c8-6-4(7(10)11)2-1-3-5(6)9;1-6-2-4-7(5-3-6)10(8)9/h1-3H,(H,10,11);2-5H,1H3,(H,8,9). The van der Waals surface area contributed by atoms with Crippen molar-refractivity contribution in [1.82, 2.24) is 0 Å². The van der Waals surface area contributed by atoms with Crippen LogP contribution >= 0.6 is 27.5 Å². The number of halogens is 2. The molecule has 0 bridgehead atoms. The molecule has 1 atom stereocenters. The molecule has 0 heterocycles. The number of benzene rings is 2. The summed E-state index contributed by atoms with van der Waals surface area (Å²) < 4.78 is 19.4. The minimum absolute atomic E-state index is 0.178. The highest BCUT2D eigenvalue weighted by atomic mass is 79.9. The van der Waals surface area contributed by atoms with Gasteiger partial charge in [0.25, 0.3) is 0 Å². The minimum Gasteiger partial charge on any atom is -0.478 e. The molecule has 112 valence electrons. The number of carboxylic acid groups (broad SMARTS) is 1. The number of hydrogen-bond donors (Lipinski definition) is 2. The highest BCUT2D eigenvalue weighted by molar-refractivity contribution is 9.10. The van der Waals surface area contributed by atoms with Gasteiger partial charge in [-0.3, -0.25) is 0 Å². The lowest BCUT2D eigenvalue weighted by atomic mass is 10.2. The first kappa shape index (κ1) is 17.8. The van der Waals surface area contributed by atoms with Crippen molar-refractivity contribution in [2.75, 3.05) is 0 Å². The van der Waals surface area contributed by atoms with Crippen molar-refractivity contribution in [1.29, 1.82) is 0 Å². The van der Waals surface area contributed by atoms with E-state index < -0.39 is 17.0 Å². The van der Waals surface area contributed by atoms with Crippen LogP contribution in [0.1, 0.15) is 15.9 Å². The van der Waals surface area contributed by atoms with Crippen molar-refractivity contribution in [2.45, 2.75) is 11.8 Å². The molecule has 21 heavy (non-hydrogen) atoms. The van der Waals surface area contributed by atoms with Gasteiger partial charge in [-0.15, -0.1) is 0 Å². The van der Waals surface area contributed by atoms with E-state index in [1.165, 1.54) is 6.07 Å². The molecular weight excluding hydrogens is 380 g/mol. The number of carboxylic acids is 1. The minimum atomic E-state index is -1.84. The van der Waals surface area contributed by atoms with Crippen LogP contribution in [-0.2, 0) is 11.1 Å². The fourth-order valence-electron chi connectivity index (χ4n) is 1.32. The summed E-state index contributed by atoms with van der Waals surface area (Å²) in [5.74, 6) is -0.987.